The van der Waals surface area contributed by atoms with Crippen molar-refractivity contribution < 1.29 is 28.2 Å². The molecule has 0 bridgehead atoms. The third kappa shape index (κ3) is 3.29. The molecule has 0 saturated carbocycles. The first kappa shape index (κ1) is 15.2. The molecule has 1 N–H and O–H groups in total. The number of carbonyl (C=O) groups excluding carboxylic acids is 1. The summed E-state index contributed by atoms with van der Waals surface area (Å²) >= 11 is 0. The maximum atomic E-state index is 12.3. The number of carboxylic acids is 1. The number of aliphatic carboxylic acids is 1. The van der Waals surface area contributed by atoms with E-state index < -0.39 is 18.0 Å². The van der Waals surface area contributed by atoms with Crippen LogP contribution in [0.1, 0.15) is 23.7 Å². The summed E-state index contributed by atoms with van der Waals surface area (Å²) in [5, 5.41) is 9.14. The van der Waals surface area contributed by atoms with E-state index in [-0.39, 0.29) is 23.8 Å². The molecule has 1 fully saturated rings. The molecule has 0 spiro atoms. The van der Waals surface area contributed by atoms with Gasteiger partial charge in [0.2, 0.25) is 0 Å². The Balaban J connectivity index is 2.13. The average molecular weight is 299 g/mol. The molecule has 0 aliphatic carbocycles. The number of carboxylic acid groups (broad SMARTS) is 1. The Morgan fingerprint density at radius 1 is 1.43 bits per heavy atom. The Kier molecular flexibility index (Phi) is 4.11. The molecule has 0 radical (unpaired) electrons. The number of nitrogens with zero attached hydrogens (tertiary/aromatic N) is 1. The number of amides is 1. The van der Waals surface area contributed by atoms with Gasteiger partial charge in [-0.25, -0.2) is 0 Å². The normalized spacial score (nSPS) is 21.6. The number of alkyl halides is 2. The van der Waals surface area contributed by atoms with E-state index >= 15 is 0 Å². The smallest absolute Gasteiger partial charge is 0.387 e. The van der Waals surface area contributed by atoms with Crippen molar-refractivity contribution in [3.05, 3.63) is 29.8 Å². The number of rotatable bonds is 4. The number of ether oxygens (including phenoxy) is 1. The van der Waals surface area contributed by atoms with E-state index in [2.05, 4.69) is 4.74 Å². The highest BCUT2D eigenvalue weighted by atomic mass is 19.3. The van der Waals surface area contributed by atoms with Crippen LogP contribution in [0, 0.1) is 5.41 Å². The first-order valence-corrected chi connectivity index (χ1v) is 6.39. The van der Waals surface area contributed by atoms with Crippen LogP contribution >= 0.6 is 0 Å². The van der Waals surface area contributed by atoms with Crippen molar-refractivity contribution in [3.63, 3.8) is 0 Å². The molecule has 1 aliphatic heterocycles. The number of benzene rings is 1. The van der Waals surface area contributed by atoms with Crippen LogP contribution in [0.5, 0.6) is 5.75 Å². The van der Waals surface area contributed by atoms with Crippen molar-refractivity contribution in [2.24, 2.45) is 5.41 Å². The van der Waals surface area contributed by atoms with Gasteiger partial charge < -0.3 is 14.7 Å². The van der Waals surface area contributed by atoms with Gasteiger partial charge in [0.05, 0.1) is 5.41 Å². The molecule has 1 atom stereocenters. The number of halogens is 2. The maximum Gasteiger partial charge on any atom is 0.387 e. The van der Waals surface area contributed by atoms with Crippen LogP contribution in [0.25, 0.3) is 0 Å². The van der Waals surface area contributed by atoms with Gasteiger partial charge in [0.1, 0.15) is 5.75 Å². The Morgan fingerprint density at radius 3 is 2.71 bits per heavy atom. The standard InChI is InChI=1S/C14H15F2NO4/c1-14(12(19)20)5-6-17(8-14)11(18)9-3-2-4-10(7-9)21-13(15)16/h2-4,7,13H,5-6,8H2,1H3,(H,19,20). The molecule has 1 aliphatic rings. The summed E-state index contributed by atoms with van der Waals surface area (Å²) in [6.45, 7) is -0.959. The number of hydrogen-bond acceptors (Lipinski definition) is 3. The highest BCUT2D eigenvalue weighted by molar-refractivity contribution is 5.95. The van der Waals surface area contributed by atoms with E-state index in [1.165, 1.54) is 29.2 Å². The predicted octanol–water partition coefficient (Wildman–Crippen LogP) is 2.22. The number of hydrogen-bond donors (Lipinski definition) is 1. The summed E-state index contributed by atoms with van der Waals surface area (Å²) in [6, 6.07) is 5.48. The van der Waals surface area contributed by atoms with Gasteiger partial charge in [0, 0.05) is 18.7 Å². The van der Waals surface area contributed by atoms with Gasteiger partial charge in [-0.2, -0.15) is 8.78 Å². The molecular weight excluding hydrogens is 284 g/mol. The Hall–Kier alpha value is -2.18. The highest BCUT2D eigenvalue weighted by Crippen LogP contribution is 2.31. The summed E-state index contributed by atoms with van der Waals surface area (Å²) in [6.07, 6.45) is 0.362. The summed E-state index contributed by atoms with van der Waals surface area (Å²) in [5.74, 6) is -1.44. The van der Waals surface area contributed by atoms with E-state index in [1.54, 1.807) is 6.92 Å². The maximum absolute atomic E-state index is 12.3. The van der Waals surface area contributed by atoms with Crippen LogP contribution in [0.3, 0.4) is 0 Å². The molecule has 7 heteroatoms. The van der Waals surface area contributed by atoms with Crippen LogP contribution < -0.4 is 4.74 Å². The zero-order valence-electron chi connectivity index (χ0n) is 11.4. The minimum atomic E-state index is -2.96. The lowest BCUT2D eigenvalue weighted by atomic mass is 9.90. The van der Waals surface area contributed by atoms with Gasteiger partial charge in [0.15, 0.2) is 0 Å². The van der Waals surface area contributed by atoms with Crippen LogP contribution in [0.2, 0.25) is 0 Å². The van der Waals surface area contributed by atoms with Crippen molar-refractivity contribution in [1.82, 2.24) is 4.90 Å². The fraction of sp³-hybridized carbons (Fsp3) is 0.429. The first-order valence-electron chi connectivity index (χ1n) is 6.39. The lowest BCUT2D eigenvalue weighted by Gasteiger charge is -2.20. The lowest BCUT2D eigenvalue weighted by Crippen LogP contribution is -2.34. The van der Waals surface area contributed by atoms with Crippen molar-refractivity contribution in [2.45, 2.75) is 20.0 Å². The summed E-state index contributed by atoms with van der Waals surface area (Å²) in [4.78, 5) is 24.9. The largest absolute Gasteiger partial charge is 0.481 e. The molecule has 5 nitrogen and oxygen atoms in total. The zero-order valence-corrected chi connectivity index (χ0v) is 11.4. The van der Waals surface area contributed by atoms with Gasteiger partial charge in [0.25, 0.3) is 5.91 Å². The molecule has 21 heavy (non-hydrogen) atoms. The summed E-state index contributed by atoms with van der Waals surface area (Å²) in [7, 11) is 0. The third-order valence-corrected chi connectivity index (χ3v) is 3.58. The fourth-order valence-electron chi connectivity index (χ4n) is 2.30. The van der Waals surface area contributed by atoms with Gasteiger partial charge >= 0.3 is 12.6 Å². The highest BCUT2D eigenvalue weighted by Gasteiger charge is 2.42. The zero-order chi connectivity index (χ0) is 15.6. The lowest BCUT2D eigenvalue weighted by molar-refractivity contribution is -0.147. The predicted molar refractivity (Wildman–Crippen MR) is 69.3 cm³/mol. The second kappa shape index (κ2) is 5.67. The number of likely N-dealkylation sites (tertiary alicyclic amines) is 1. The molecule has 1 aromatic rings. The monoisotopic (exact) mass is 299 g/mol. The van der Waals surface area contributed by atoms with Crippen LogP contribution in [0.4, 0.5) is 8.78 Å². The molecule has 1 unspecified atom stereocenters. The quantitative estimate of drug-likeness (QED) is 0.925. The molecule has 1 aromatic carbocycles. The second-order valence-corrected chi connectivity index (χ2v) is 5.25. The van der Waals surface area contributed by atoms with Crippen molar-refractivity contribution in [1.29, 1.82) is 0 Å². The number of carbonyl (C=O) groups is 2. The minimum absolute atomic E-state index is 0.0983. The van der Waals surface area contributed by atoms with Gasteiger partial charge in [-0.05, 0) is 31.5 Å². The molecule has 114 valence electrons. The van der Waals surface area contributed by atoms with E-state index in [0.717, 1.165) is 0 Å². The average Bonchev–Trinajstić information content (AvgIpc) is 2.81. The van der Waals surface area contributed by atoms with Gasteiger partial charge in [-0.15, -0.1) is 0 Å². The summed E-state index contributed by atoms with van der Waals surface area (Å²) in [5.41, 5.74) is -0.769. The van der Waals surface area contributed by atoms with Crippen molar-refractivity contribution >= 4 is 11.9 Å². The topological polar surface area (TPSA) is 66.8 Å². The van der Waals surface area contributed by atoms with Crippen LogP contribution in [-0.2, 0) is 4.79 Å². The third-order valence-electron chi connectivity index (χ3n) is 3.58. The Morgan fingerprint density at radius 2 is 2.14 bits per heavy atom. The van der Waals surface area contributed by atoms with E-state index in [0.29, 0.717) is 13.0 Å². The molecular formula is C14H15F2NO4. The molecule has 1 heterocycles. The van der Waals surface area contributed by atoms with E-state index in [1.807, 2.05) is 0 Å². The van der Waals surface area contributed by atoms with Gasteiger partial charge in [-0.1, -0.05) is 6.07 Å². The molecule has 0 aromatic heterocycles. The van der Waals surface area contributed by atoms with E-state index in [9.17, 15) is 18.4 Å². The Bertz CT molecular complexity index is 564. The fourth-order valence-corrected chi connectivity index (χ4v) is 2.30. The van der Waals surface area contributed by atoms with Crippen molar-refractivity contribution in [3.8, 4) is 5.75 Å². The van der Waals surface area contributed by atoms with Crippen LogP contribution in [0.15, 0.2) is 24.3 Å². The molecule has 2 rings (SSSR count). The molecule has 1 saturated heterocycles. The summed E-state index contributed by atoms with van der Waals surface area (Å²) < 4.78 is 28.6. The van der Waals surface area contributed by atoms with E-state index in [4.69, 9.17) is 5.11 Å². The molecule has 1 amide bonds. The second-order valence-electron chi connectivity index (χ2n) is 5.25. The minimum Gasteiger partial charge on any atom is -0.481 e. The SMILES string of the molecule is CC1(C(=O)O)CCN(C(=O)c2cccc(OC(F)F)c2)C1. The van der Waals surface area contributed by atoms with Crippen LogP contribution in [-0.4, -0.2) is 41.6 Å². The first-order chi connectivity index (χ1) is 9.82. The Labute approximate surface area is 120 Å². The van der Waals surface area contributed by atoms with Crippen molar-refractivity contribution in [2.75, 3.05) is 13.1 Å². The van der Waals surface area contributed by atoms with Gasteiger partial charge in [-0.3, -0.25) is 9.59 Å².